The zero-order chi connectivity index (χ0) is 58.0. The molecule has 75 heavy (non-hydrogen) atoms. The number of aliphatic hydroxyl groups excluding tert-OH is 7. The van der Waals surface area contributed by atoms with Gasteiger partial charge in [0, 0.05) is 59.4 Å². The molecule has 0 spiro atoms. The summed E-state index contributed by atoms with van der Waals surface area (Å²) in [6.07, 6.45) is -8.30. The molecule has 0 aromatic rings. The molecule has 0 aromatic heterocycles. The molecule has 10 amide bonds. The van der Waals surface area contributed by atoms with Gasteiger partial charge in [0.05, 0.1) is 108 Å². The van der Waals surface area contributed by atoms with E-state index in [4.69, 9.17) is 5.73 Å². The summed E-state index contributed by atoms with van der Waals surface area (Å²) in [7, 11) is 2.77. The van der Waals surface area contributed by atoms with Gasteiger partial charge in [0.2, 0.25) is 59.1 Å². The molecule has 0 aromatic carbocycles. The van der Waals surface area contributed by atoms with Gasteiger partial charge < -0.3 is 90.9 Å². The first-order valence-electron chi connectivity index (χ1n) is 24.8. The summed E-state index contributed by atoms with van der Waals surface area (Å²) in [5, 5.41) is 74.5. The molecule has 0 saturated heterocycles. The minimum Gasteiger partial charge on any atom is -0.392 e. The van der Waals surface area contributed by atoms with Gasteiger partial charge >= 0.3 is 0 Å². The molecule has 0 saturated carbocycles. The van der Waals surface area contributed by atoms with Crippen LogP contribution in [-0.2, 0) is 47.9 Å². The number of hydrogen-bond acceptors (Lipinski definition) is 18. The van der Waals surface area contributed by atoms with Crippen molar-refractivity contribution in [1.82, 2.24) is 49.4 Å². The van der Waals surface area contributed by atoms with Gasteiger partial charge in [-0.15, -0.1) is 0 Å². The highest BCUT2D eigenvalue weighted by Gasteiger charge is 2.33. The lowest BCUT2D eigenvalue weighted by Crippen LogP contribution is -2.55. The van der Waals surface area contributed by atoms with Crippen molar-refractivity contribution in [2.75, 3.05) is 132 Å². The molecule has 0 rings (SSSR count). The molecule has 0 heterocycles. The highest BCUT2D eigenvalue weighted by atomic mass is 16.3. The first-order valence-corrected chi connectivity index (χ1v) is 24.8. The maximum absolute atomic E-state index is 14.0. The van der Waals surface area contributed by atoms with Crippen LogP contribution in [0.25, 0.3) is 0 Å². The molecule has 28 heteroatoms. The van der Waals surface area contributed by atoms with Gasteiger partial charge in [0.15, 0.2) is 0 Å². The predicted octanol–water partition coefficient (Wildman–Crippen LogP) is -6.90. The Morgan fingerprint density at radius 3 is 0.733 bits per heavy atom. The number of carbonyl (C=O) groups is 10. The molecule has 0 aliphatic carbocycles. The molecule has 0 bridgehead atoms. The minimum atomic E-state index is -1.26. The van der Waals surface area contributed by atoms with E-state index >= 15 is 0 Å². The van der Waals surface area contributed by atoms with Crippen LogP contribution in [-0.4, -0.2) is 314 Å². The van der Waals surface area contributed by atoms with Crippen LogP contribution in [0.1, 0.15) is 62.3 Å². The van der Waals surface area contributed by atoms with Gasteiger partial charge in [-0.05, 0) is 61.4 Å². The second-order valence-corrected chi connectivity index (χ2v) is 19.8. The van der Waals surface area contributed by atoms with E-state index in [1.54, 1.807) is 7.05 Å². The van der Waals surface area contributed by atoms with Crippen LogP contribution < -0.4 is 11.1 Å². The first kappa shape index (κ1) is 69.4. The third-order valence-electron chi connectivity index (χ3n) is 10.6. The van der Waals surface area contributed by atoms with E-state index in [1.165, 1.54) is 60.4 Å². The number of likely N-dealkylation sites (N-methyl/N-ethyl adjacent to an activating group) is 2. The average molecular weight is 1080 g/mol. The Morgan fingerprint density at radius 2 is 0.533 bits per heavy atom. The Balaban J connectivity index is 6.55. The van der Waals surface area contributed by atoms with E-state index in [9.17, 15) is 83.7 Å². The fourth-order valence-electron chi connectivity index (χ4n) is 7.42. The number of aliphatic hydroxyl groups is 7. The molecule has 10 N–H and O–H groups in total. The molecule has 432 valence electrons. The Kier molecular flexibility index (Phi) is 32.2. The fraction of sp³-hybridized carbons (Fsp3) is 0.787. The van der Waals surface area contributed by atoms with Crippen LogP contribution in [0.5, 0.6) is 0 Å². The highest BCUT2D eigenvalue weighted by Crippen LogP contribution is 2.09. The molecule has 0 aliphatic rings. The number of primary amides is 1. The van der Waals surface area contributed by atoms with E-state index in [0.29, 0.717) is 0 Å². The van der Waals surface area contributed by atoms with E-state index in [0.717, 1.165) is 39.2 Å². The van der Waals surface area contributed by atoms with Crippen molar-refractivity contribution < 1.29 is 83.7 Å². The zero-order valence-electron chi connectivity index (χ0n) is 45.7. The van der Waals surface area contributed by atoms with E-state index in [-0.39, 0.29) is 44.5 Å². The lowest BCUT2D eigenvalue weighted by atomic mass is 10.2. The van der Waals surface area contributed by atoms with Gasteiger partial charge in [-0.25, -0.2) is 0 Å². The second-order valence-electron chi connectivity index (χ2n) is 19.8. The maximum Gasteiger partial charge on any atom is 0.242 e. The maximum atomic E-state index is 14.0. The van der Waals surface area contributed by atoms with E-state index in [1.807, 2.05) is 13.8 Å². The number of nitrogens with zero attached hydrogens (tertiary/aromatic N) is 9. The number of nitrogens with one attached hydrogen (secondary N) is 1. The van der Waals surface area contributed by atoms with Gasteiger partial charge in [-0.3, -0.25) is 47.9 Å². The van der Waals surface area contributed by atoms with Crippen molar-refractivity contribution in [2.24, 2.45) is 11.7 Å². The fourth-order valence-corrected chi connectivity index (χ4v) is 7.42. The molecule has 0 radical (unpaired) electrons. The number of carbonyl (C=O) groups excluding carboxylic acids is 10. The van der Waals surface area contributed by atoms with Crippen LogP contribution in [0, 0.1) is 5.92 Å². The largest absolute Gasteiger partial charge is 0.392 e. The van der Waals surface area contributed by atoms with Crippen molar-refractivity contribution in [1.29, 1.82) is 0 Å². The number of amides is 10. The molecule has 7 unspecified atom stereocenters. The predicted molar refractivity (Wildman–Crippen MR) is 270 cm³/mol. The first-order chi connectivity index (χ1) is 34.7. The van der Waals surface area contributed by atoms with Crippen molar-refractivity contribution in [3.8, 4) is 0 Å². The van der Waals surface area contributed by atoms with Crippen molar-refractivity contribution in [3.63, 3.8) is 0 Å². The van der Waals surface area contributed by atoms with Gasteiger partial charge in [0.25, 0.3) is 0 Å². The standard InChI is InChI=1S/C47H87N11O17/c1-30(2)13-51(39(67)12-49-10)24-43(71)55(17-34(6)62)27-45(73)57(19-36(8)64)29-47(75)58(20-37(9)65)28-46(74)56(18-35(7)63)26-44(72)53(15-32(4)60)23-40(68)50(11)22-41(69)54(16-33(5)61)25-42(70)52(14-31(3)59)21-38(48)66/h30-37,49,59-65H,12-29H2,1-11H3,(H2,48,66). The summed E-state index contributed by atoms with van der Waals surface area (Å²) in [6, 6.07) is 0. The van der Waals surface area contributed by atoms with Gasteiger partial charge in [-0.1, -0.05) is 13.8 Å². The summed E-state index contributed by atoms with van der Waals surface area (Å²) in [6.45, 7) is 4.02. The van der Waals surface area contributed by atoms with E-state index < -0.39 is 181 Å². The number of nitrogens with two attached hydrogens (primary N) is 1. The highest BCUT2D eigenvalue weighted by molar-refractivity contribution is 5.94. The monoisotopic (exact) mass is 1080 g/mol. The van der Waals surface area contributed by atoms with Crippen molar-refractivity contribution >= 4 is 59.1 Å². The van der Waals surface area contributed by atoms with Gasteiger partial charge in [-0.2, -0.15) is 0 Å². The van der Waals surface area contributed by atoms with Crippen molar-refractivity contribution in [3.05, 3.63) is 0 Å². The Labute approximate surface area is 439 Å². The lowest BCUT2D eigenvalue weighted by molar-refractivity contribution is -0.150. The minimum absolute atomic E-state index is 0.0273. The number of rotatable bonds is 36. The Hall–Kier alpha value is -5.62. The van der Waals surface area contributed by atoms with Crippen LogP contribution in [0.3, 0.4) is 0 Å². The van der Waals surface area contributed by atoms with Crippen LogP contribution in [0.15, 0.2) is 0 Å². The second kappa shape index (κ2) is 34.9. The topological polar surface area (TPSA) is 380 Å². The molecule has 0 fully saturated rings. The Bertz CT molecular complexity index is 1870. The zero-order valence-corrected chi connectivity index (χ0v) is 45.7. The third kappa shape index (κ3) is 29.3. The molecule has 28 nitrogen and oxygen atoms in total. The van der Waals surface area contributed by atoms with Crippen LogP contribution >= 0.6 is 0 Å². The van der Waals surface area contributed by atoms with Crippen molar-refractivity contribution in [2.45, 2.75) is 105 Å². The smallest absolute Gasteiger partial charge is 0.242 e. The quantitative estimate of drug-likeness (QED) is 0.0282. The summed E-state index contributed by atoms with van der Waals surface area (Å²) in [5.41, 5.74) is 5.25. The SMILES string of the molecule is CNCC(=O)N(CC(=O)N(CC(=O)N(CC(=O)N(CC(=O)N(CC(=O)N(CC(=O)N(C)CC(=O)N(CC(=O)N(CC(N)=O)CC(C)O)CC(C)O)CC(C)O)CC(C)O)CC(C)O)CC(C)O)CC(C)O)CC(C)C. The summed E-state index contributed by atoms with van der Waals surface area (Å²) < 4.78 is 0. The lowest BCUT2D eigenvalue weighted by Gasteiger charge is -2.33. The van der Waals surface area contributed by atoms with Gasteiger partial charge in [0.1, 0.15) is 0 Å². The molecular weight excluding hydrogens is 991 g/mol. The summed E-state index contributed by atoms with van der Waals surface area (Å²) in [4.78, 5) is 143. The normalized spacial score (nSPS) is 14.0. The molecular formula is C47H87N11O17. The molecule has 0 aliphatic heterocycles. The third-order valence-corrected chi connectivity index (χ3v) is 10.6. The summed E-state index contributed by atoms with van der Waals surface area (Å²) in [5.74, 6) is -8.12. The number of hydrogen-bond donors (Lipinski definition) is 9. The molecule has 7 atom stereocenters. The average Bonchev–Trinajstić information content (AvgIpc) is 3.25. The van der Waals surface area contributed by atoms with E-state index in [2.05, 4.69) is 5.32 Å². The Morgan fingerprint density at radius 1 is 0.333 bits per heavy atom. The summed E-state index contributed by atoms with van der Waals surface area (Å²) >= 11 is 0. The van der Waals surface area contributed by atoms with Crippen LogP contribution in [0.2, 0.25) is 0 Å². The van der Waals surface area contributed by atoms with Crippen LogP contribution in [0.4, 0.5) is 0 Å².